The summed E-state index contributed by atoms with van der Waals surface area (Å²) in [6.45, 7) is 5.25. The van der Waals surface area contributed by atoms with E-state index in [1.165, 1.54) is 18.4 Å². The Morgan fingerprint density at radius 1 is 1.13 bits per heavy atom. The molecule has 1 aromatic carbocycles. The van der Waals surface area contributed by atoms with Crippen LogP contribution >= 0.6 is 15.9 Å². The number of benzene rings is 1. The van der Waals surface area contributed by atoms with Gasteiger partial charge in [-0.25, -0.2) is 0 Å². The molecule has 2 fully saturated rings. The first-order valence-corrected chi connectivity index (χ1v) is 9.88. The average Bonchev–Trinajstić information content (AvgIpc) is 2.79. The van der Waals surface area contributed by atoms with Gasteiger partial charge in [-0.2, -0.15) is 0 Å². The molecule has 1 aliphatic carbocycles. The van der Waals surface area contributed by atoms with E-state index in [2.05, 4.69) is 50.4 Å². The van der Waals surface area contributed by atoms with E-state index in [4.69, 9.17) is 0 Å². The molecular formula is C19H29BrN2O. The topological polar surface area (TPSA) is 35.5 Å². The van der Waals surface area contributed by atoms with Gasteiger partial charge in [0, 0.05) is 43.1 Å². The number of piperazine rings is 1. The summed E-state index contributed by atoms with van der Waals surface area (Å²) in [5.41, 5.74) is 0.727. The summed E-state index contributed by atoms with van der Waals surface area (Å²) < 4.78 is 1.11. The number of hydrogen-bond donors (Lipinski definition) is 2. The normalized spacial score (nSPS) is 24.1. The van der Waals surface area contributed by atoms with Gasteiger partial charge in [0.2, 0.25) is 0 Å². The number of nitrogens with one attached hydrogen (secondary N) is 1. The minimum Gasteiger partial charge on any atom is -0.389 e. The van der Waals surface area contributed by atoms with Gasteiger partial charge in [-0.05, 0) is 30.5 Å². The summed E-state index contributed by atoms with van der Waals surface area (Å²) in [6, 6.07) is 8.57. The third kappa shape index (κ3) is 4.56. The van der Waals surface area contributed by atoms with Crippen LogP contribution in [0, 0.1) is 0 Å². The quantitative estimate of drug-likeness (QED) is 0.784. The fourth-order valence-electron chi connectivity index (χ4n) is 4.15. The Morgan fingerprint density at radius 3 is 2.48 bits per heavy atom. The largest absolute Gasteiger partial charge is 0.389 e. The van der Waals surface area contributed by atoms with Crippen molar-refractivity contribution in [3.63, 3.8) is 0 Å². The zero-order valence-corrected chi connectivity index (χ0v) is 15.5. The van der Waals surface area contributed by atoms with Crippen LogP contribution in [0.1, 0.15) is 50.0 Å². The number of nitrogens with zero attached hydrogens (tertiary/aromatic N) is 1. The van der Waals surface area contributed by atoms with Gasteiger partial charge in [0.15, 0.2) is 0 Å². The van der Waals surface area contributed by atoms with Crippen molar-refractivity contribution >= 4 is 15.9 Å². The molecule has 2 aliphatic rings. The van der Waals surface area contributed by atoms with Crippen molar-refractivity contribution in [1.29, 1.82) is 0 Å². The predicted octanol–water partition coefficient (Wildman–Crippen LogP) is 3.52. The average molecular weight is 381 g/mol. The van der Waals surface area contributed by atoms with Crippen molar-refractivity contribution in [3.8, 4) is 0 Å². The van der Waals surface area contributed by atoms with E-state index >= 15 is 0 Å². The Bertz CT molecular complexity index is 494. The molecule has 1 unspecified atom stereocenters. The molecule has 0 amide bonds. The monoisotopic (exact) mass is 380 g/mol. The molecule has 128 valence electrons. The maximum absolute atomic E-state index is 11.5. The number of halogens is 1. The van der Waals surface area contributed by atoms with Crippen molar-refractivity contribution in [2.24, 2.45) is 0 Å². The maximum atomic E-state index is 11.5. The minimum atomic E-state index is -0.553. The molecule has 1 saturated carbocycles. The van der Waals surface area contributed by atoms with Crippen LogP contribution in [-0.4, -0.2) is 48.3 Å². The van der Waals surface area contributed by atoms with Crippen LogP contribution in [0.2, 0.25) is 0 Å². The first-order chi connectivity index (χ1) is 11.2. The lowest BCUT2D eigenvalue weighted by Crippen LogP contribution is -2.49. The van der Waals surface area contributed by atoms with E-state index in [1.807, 2.05) is 0 Å². The Labute approximate surface area is 148 Å². The molecule has 1 saturated heterocycles. The number of aliphatic hydroxyl groups is 1. The SMILES string of the molecule is OC1(C(CN2CCNCC2)c2cccc(Br)c2)CCCCCC1. The third-order valence-corrected chi connectivity index (χ3v) is 6.01. The van der Waals surface area contributed by atoms with Gasteiger partial charge in [-0.15, -0.1) is 0 Å². The summed E-state index contributed by atoms with van der Waals surface area (Å²) in [6.07, 6.45) is 6.72. The minimum absolute atomic E-state index is 0.205. The Balaban J connectivity index is 1.85. The van der Waals surface area contributed by atoms with Gasteiger partial charge in [0.1, 0.15) is 0 Å². The van der Waals surface area contributed by atoms with Crippen LogP contribution in [0.15, 0.2) is 28.7 Å². The van der Waals surface area contributed by atoms with E-state index < -0.39 is 5.60 Å². The standard InChI is InChI=1S/C19H29BrN2O/c20-17-7-5-6-16(14-17)18(15-22-12-10-21-11-13-22)19(23)8-3-1-2-4-9-19/h5-7,14,18,21,23H,1-4,8-13,15H2. The van der Waals surface area contributed by atoms with Crippen molar-refractivity contribution in [2.45, 2.75) is 50.0 Å². The summed E-state index contributed by atoms with van der Waals surface area (Å²) in [7, 11) is 0. The molecule has 0 spiro atoms. The molecule has 1 atom stereocenters. The molecule has 1 heterocycles. The third-order valence-electron chi connectivity index (χ3n) is 5.52. The van der Waals surface area contributed by atoms with Gasteiger partial charge in [0.25, 0.3) is 0 Å². The van der Waals surface area contributed by atoms with Crippen LogP contribution in [0.3, 0.4) is 0 Å². The second-order valence-electron chi connectivity index (χ2n) is 7.18. The molecule has 0 radical (unpaired) electrons. The molecule has 1 aromatic rings. The zero-order valence-electron chi connectivity index (χ0n) is 13.9. The molecule has 0 aromatic heterocycles. The lowest BCUT2D eigenvalue weighted by Gasteiger charge is -2.40. The smallest absolute Gasteiger partial charge is 0.0728 e. The highest BCUT2D eigenvalue weighted by atomic mass is 79.9. The predicted molar refractivity (Wildman–Crippen MR) is 98.8 cm³/mol. The molecule has 3 rings (SSSR count). The summed E-state index contributed by atoms with van der Waals surface area (Å²) >= 11 is 3.61. The molecule has 1 aliphatic heterocycles. The van der Waals surface area contributed by atoms with Crippen molar-refractivity contribution in [2.75, 3.05) is 32.7 Å². The highest BCUT2D eigenvalue weighted by molar-refractivity contribution is 9.10. The highest BCUT2D eigenvalue weighted by Crippen LogP contribution is 2.40. The van der Waals surface area contributed by atoms with Crippen LogP contribution in [0.25, 0.3) is 0 Å². The van der Waals surface area contributed by atoms with Gasteiger partial charge in [-0.1, -0.05) is 53.7 Å². The fraction of sp³-hybridized carbons (Fsp3) is 0.684. The molecule has 23 heavy (non-hydrogen) atoms. The zero-order chi connectivity index (χ0) is 16.1. The molecule has 2 N–H and O–H groups in total. The molecule has 4 heteroatoms. The lowest BCUT2D eigenvalue weighted by atomic mass is 9.76. The number of rotatable bonds is 4. The second-order valence-corrected chi connectivity index (χ2v) is 8.09. The van der Waals surface area contributed by atoms with E-state index in [1.54, 1.807) is 0 Å². The van der Waals surface area contributed by atoms with Crippen molar-refractivity contribution < 1.29 is 5.11 Å². The molecule has 0 bridgehead atoms. The van der Waals surface area contributed by atoms with Crippen molar-refractivity contribution in [3.05, 3.63) is 34.3 Å². The number of hydrogen-bond acceptors (Lipinski definition) is 3. The van der Waals surface area contributed by atoms with Gasteiger partial charge in [-0.3, -0.25) is 0 Å². The second kappa shape index (κ2) is 8.11. The first-order valence-electron chi connectivity index (χ1n) is 9.08. The Kier molecular flexibility index (Phi) is 6.13. The van der Waals surface area contributed by atoms with Crippen LogP contribution in [-0.2, 0) is 0 Å². The molecule has 3 nitrogen and oxygen atoms in total. The van der Waals surface area contributed by atoms with Crippen molar-refractivity contribution in [1.82, 2.24) is 10.2 Å². The van der Waals surface area contributed by atoms with Gasteiger partial charge in [0.05, 0.1) is 5.60 Å². The van der Waals surface area contributed by atoms with E-state index in [0.29, 0.717) is 0 Å². The Hall–Kier alpha value is -0.420. The van der Waals surface area contributed by atoms with Gasteiger partial charge < -0.3 is 15.3 Å². The lowest BCUT2D eigenvalue weighted by molar-refractivity contribution is -0.0144. The summed E-state index contributed by atoms with van der Waals surface area (Å²) in [5, 5.41) is 15.0. The summed E-state index contributed by atoms with van der Waals surface area (Å²) in [4.78, 5) is 2.52. The van der Waals surface area contributed by atoms with Crippen LogP contribution < -0.4 is 5.32 Å². The van der Waals surface area contributed by atoms with E-state index in [0.717, 1.165) is 62.9 Å². The van der Waals surface area contributed by atoms with Crippen LogP contribution in [0.5, 0.6) is 0 Å². The van der Waals surface area contributed by atoms with E-state index in [9.17, 15) is 5.11 Å². The first kappa shape index (κ1) is 17.4. The fourth-order valence-corrected chi connectivity index (χ4v) is 4.57. The van der Waals surface area contributed by atoms with E-state index in [-0.39, 0.29) is 5.92 Å². The van der Waals surface area contributed by atoms with Gasteiger partial charge >= 0.3 is 0 Å². The summed E-state index contributed by atoms with van der Waals surface area (Å²) in [5.74, 6) is 0.205. The van der Waals surface area contributed by atoms with Crippen LogP contribution in [0.4, 0.5) is 0 Å². The Morgan fingerprint density at radius 2 is 1.83 bits per heavy atom. The maximum Gasteiger partial charge on any atom is 0.0728 e. The molecular weight excluding hydrogens is 352 g/mol. The highest BCUT2D eigenvalue weighted by Gasteiger charge is 2.38.